The van der Waals surface area contributed by atoms with Crippen LogP contribution in [-0.2, 0) is 4.79 Å². The minimum atomic E-state index is 0.160. The number of hydrogen-bond acceptors (Lipinski definition) is 5. The smallest absolute Gasteiger partial charge is 0.233 e. The number of thioether (sulfide) groups is 1. The molecule has 0 radical (unpaired) electrons. The summed E-state index contributed by atoms with van der Waals surface area (Å²) in [5.41, 5.74) is 0. The third-order valence-electron chi connectivity index (χ3n) is 4.04. The van der Waals surface area contributed by atoms with Crippen molar-refractivity contribution in [3.8, 4) is 10.7 Å². The second kappa shape index (κ2) is 7.27. The van der Waals surface area contributed by atoms with E-state index in [9.17, 15) is 4.79 Å². The molecule has 0 bridgehead atoms. The van der Waals surface area contributed by atoms with Gasteiger partial charge in [-0.05, 0) is 52.0 Å². The second-order valence-corrected chi connectivity index (χ2v) is 8.55. The molecule has 0 aliphatic heterocycles. The summed E-state index contributed by atoms with van der Waals surface area (Å²) < 4.78 is 2.22. The van der Waals surface area contributed by atoms with E-state index in [1.54, 1.807) is 11.3 Å². The highest BCUT2D eigenvalue weighted by molar-refractivity contribution is 7.99. The first-order valence-electron chi connectivity index (χ1n) is 8.41. The van der Waals surface area contributed by atoms with Crippen molar-refractivity contribution in [3.63, 3.8) is 0 Å². The summed E-state index contributed by atoms with van der Waals surface area (Å²) >= 11 is 3.19. The Labute approximate surface area is 151 Å². The molecule has 0 N–H and O–H groups in total. The molecule has 1 saturated carbocycles. The van der Waals surface area contributed by atoms with Crippen molar-refractivity contribution in [1.82, 2.24) is 19.7 Å². The molecule has 0 saturated heterocycles. The lowest BCUT2D eigenvalue weighted by Crippen LogP contribution is -2.43. The maximum Gasteiger partial charge on any atom is 0.233 e. The average molecular weight is 365 g/mol. The number of hydrogen-bond donors (Lipinski definition) is 0. The van der Waals surface area contributed by atoms with E-state index in [-0.39, 0.29) is 18.0 Å². The van der Waals surface area contributed by atoms with Crippen LogP contribution in [0.3, 0.4) is 0 Å². The molecule has 0 unspecified atom stereocenters. The minimum absolute atomic E-state index is 0.160. The zero-order valence-electron chi connectivity index (χ0n) is 14.6. The number of carbonyl (C=O) groups excluding carboxylic acids is 1. The van der Waals surface area contributed by atoms with Crippen LogP contribution in [-0.4, -0.2) is 43.4 Å². The molecule has 2 aromatic rings. The summed E-state index contributed by atoms with van der Waals surface area (Å²) in [5, 5.41) is 11.7. The van der Waals surface area contributed by atoms with Crippen molar-refractivity contribution in [1.29, 1.82) is 0 Å². The Morgan fingerprint density at radius 3 is 2.58 bits per heavy atom. The Morgan fingerprint density at radius 1 is 1.33 bits per heavy atom. The lowest BCUT2D eigenvalue weighted by molar-refractivity contribution is -0.131. The van der Waals surface area contributed by atoms with Crippen LogP contribution < -0.4 is 0 Å². The quantitative estimate of drug-likeness (QED) is 0.695. The van der Waals surface area contributed by atoms with Crippen molar-refractivity contribution in [3.05, 3.63) is 17.5 Å². The van der Waals surface area contributed by atoms with Gasteiger partial charge in [-0.1, -0.05) is 17.8 Å². The van der Waals surface area contributed by atoms with Crippen molar-refractivity contribution in [2.45, 2.75) is 63.8 Å². The maximum absolute atomic E-state index is 12.6. The highest BCUT2D eigenvalue weighted by Gasteiger charge is 2.31. The zero-order valence-corrected chi connectivity index (χ0v) is 16.2. The van der Waals surface area contributed by atoms with E-state index >= 15 is 0 Å². The molecule has 0 atom stereocenters. The highest BCUT2D eigenvalue weighted by Crippen LogP contribution is 2.41. The van der Waals surface area contributed by atoms with Crippen LogP contribution in [0.15, 0.2) is 22.7 Å². The molecule has 7 heteroatoms. The zero-order chi connectivity index (χ0) is 17.3. The molecule has 2 heterocycles. The number of rotatable bonds is 7. The molecule has 0 spiro atoms. The fourth-order valence-corrected chi connectivity index (χ4v) is 4.56. The number of carbonyl (C=O) groups is 1. The van der Waals surface area contributed by atoms with E-state index in [0.29, 0.717) is 11.8 Å². The Bertz CT molecular complexity index is 682. The van der Waals surface area contributed by atoms with E-state index in [1.807, 2.05) is 11.0 Å². The predicted molar refractivity (Wildman–Crippen MR) is 99.4 cm³/mol. The molecular weight excluding hydrogens is 340 g/mol. The summed E-state index contributed by atoms with van der Waals surface area (Å²) in [6.45, 7) is 8.24. The summed E-state index contributed by atoms with van der Waals surface area (Å²) in [5.74, 6) is 1.51. The molecule has 0 aromatic carbocycles. The molecule has 3 rings (SSSR count). The van der Waals surface area contributed by atoms with Crippen molar-refractivity contribution < 1.29 is 4.79 Å². The SMILES string of the molecule is CC(C)N(C(=O)CSc1nnc(-c2cccs2)n1C1CC1)C(C)C. The lowest BCUT2D eigenvalue weighted by atomic mass is 10.2. The van der Waals surface area contributed by atoms with Gasteiger partial charge in [0.05, 0.1) is 10.6 Å². The Hall–Kier alpha value is -1.34. The summed E-state index contributed by atoms with van der Waals surface area (Å²) in [4.78, 5) is 15.7. The summed E-state index contributed by atoms with van der Waals surface area (Å²) in [6, 6.07) is 5.01. The van der Waals surface area contributed by atoms with Crippen LogP contribution in [0.2, 0.25) is 0 Å². The van der Waals surface area contributed by atoms with E-state index in [0.717, 1.165) is 15.9 Å². The van der Waals surface area contributed by atoms with E-state index in [1.165, 1.54) is 24.6 Å². The largest absolute Gasteiger partial charge is 0.337 e. The first-order chi connectivity index (χ1) is 11.5. The van der Waals surface area contributed by atoms with E-state index in [2.05, 4.69) is 53.9 Å². The van der Waals surface area contributed by atoms with Crippen molar-refractivity contribution >= 4 is 29.0 Å². The fraction of sp³-hybridized carbons (Fsp3) is 0.588. The van der Waals surface area contributed by atoms with Gasteiger partial charge in [-0.25, -0.2) is 0 Å². The van der Waals surface area contributed by atoms with Gasteiger partial charge in [-0.15, -0.1) is 21.5 Å². The van der Waals surface area contributed by atoms with Crippen LogP contribution in [0, 0.1) is 0 Å². The van der Waals surface area contributed by atoms with Gasteiger partial charge in [0.15, 0.2) is 11.0 Å². The third-order valence-corrected chi connectivity index (χ3v) is 5.84. The minimum Gasteiger partial charge on any atom is -0.337 e. The predicted octanol–water partition coefficient (Wildman–Crippen LogP) is 4.08. The normalized spacial score (nSPS) is 14.6. The van der Waals surface area contributed by atoms with Gasteiger partial charge in [-0.2, -0.15) is 0 Å². The molecular formula is C17H24N4OS2. The molecule has 5 nitrogen and oxygen atoms in total. The average Bonchev–Trinajstić information content (AvgIpc) is 3.05. The molecule has 1 amide bonds. The Morgan fingerprint density at radius 2 is 2.04 bits per heavy atom. The first-order valence-corrected chi connectivity index (χ1v) is 10.3. The van der Waals surface area contributed by atoms with Gasteiger partial charge in [0.1, 0.15) is 0 Å². The van der Waals surface area contributed by atoms with E-state index < -0.39 is 0 Å². The number of thiophene rings is 1. The van der Waals surface area contributed by atoms with Crippen LogP contribution in [0.5, 0.6) is 0 Å². The number of nitrogens with zero attached hydrogens (tertiary/aromatic N) is 4. The topological polar surface area (TPSA) is 51.0 Å². The summed E-state index contributed by atoms with van der Waals surface area (Å²) in [7, 11) is 0. The van der Waals surface area contributed by atoms with E-state index in [4.69, 9.17) is 0 Å². The van der Waals surface area contributed by atoms with Crippen LogP contribution in [0.1, 0.15) is 46.6 Å². The van der Waals surface area contributed by atoms with Crippen LogP contribution in [0.4, 0.5) is 0 Å². The van der Waals surface area contributed by atoms with Gasteiger partial charge in [0, 0.05) is 18.1 Å². The number of aromatic nitrogens is 3. The standard InChI is InChI=1S/C17H24N4OS2/c1-11(2)20(12(3)4)15(22)10-24-17-19-18-16(14-6-5-9-23-14)21(17)13-7-8-13/h5-6,9,11-13H,7-8,10H2,1-4H3. The van der Waals surface area contributed by atoms with Gasteiger partial charge >= 0.3 is 0 Å². The summed E-state index contributed by atoms with van der Waals surface area (Å²) in [6.07, 6.45) is 2.34. The molecule has 1 aliphatic carbocycles. The van der Waals surface area contributed by atoms with Crippen molar-refractivity contribution in [2.24, 2.45) is 0 Å². The third kappa shape index (κ3) is 3.67. The highest BCUT2D eigenvalue weighted by atomic mass is 32.2. The molecule has 1 aliphatic rings. The van der Waals surface area contributed by atoms with Gasteiger partial charge in [0.2, 0.25) is 5.91 Å². The first kappa shape index (κ1) is 17.5. The Balaban J connectivity index is 1.75. The molecule has 24 heavy (non-hydrogen) atoms. The van der Waals surface area contributed by atoms with Crippen LogP contribution in [0.25, 0.3) is 10.7 Å². The fourth-order valence-electron chi connectivity index (χ4n) is 2.98. The second-order valence-electron chi connectivity index (χ2n) is 6.66. The molecule has 130 valence electrons. The van der Waals surface area contributed by atoms with Crippen LogP contribution >= 0.6 is 23.1 Å². The van der Waals surface area contributed by atoms with Gasteiger partial charge in [0.25, 0.3) is 0 Å². The lowest BCUT2D eigenvalue weighted by Gasteiger charge is -2.30. The number of amides is 1. The van der Waals surface area contributed by atoms with Gasteiger partial charge in [-0.3, -0.25) is 9.36 Å². The molecule has 2 aromatic heterocycles. The van der Waals surface area contributed by atoms with Gasteiger partial charge < -0.3 is 4.90 Å². The molecule has 1 fully saturated rings. The van der Waals surface area contributed by atoms with Crippen molar-refractivity contribution in [2.75, 3.05) is 5.75 Å². The maximum atomic E-state index is 12.6. The Kier molecular flexibility index (Phi) is 5.30. The monoisotopic (exact) mass is 364 g/mol.